The topological polar surface area (TPSA) is 57.0 Å². The van der Waals surface area contributed by atoms with Crippen LogP contribution in [0.15, 0.2) is 17.2 Å². The maximum atomic E-state index is 12.5. The summed E-state index contributed by atoms with van der Waals surface area (Å²) in [6.07, 6.45) is 3.11. The first kappa shape index (κ1) is 17.8. The van der Waals surface area contributed by atoms with E-state index in [1.54, 1.807) is 0 Å². The number of carbonyl (C=O) groups excluding carboxylic acids is 1. The third kappa shape index (κ3) is 4.97. The van der Waals surface area contributed by atoms with Crippen molar-refractivity contribution in [1.82, 2.24) is 9.88 Å². The molecule has 0 aliphatic carbocycles. The van der Waals surface area contributed by atoms with Crippen LogP contribution in [0.5, 0.6) is 0 Å². The summed E-state index contributed by atoms with van der Waals surface area (Å²) in [6, 6.07) is 5.89. The molecule has 0 aromatic carbocycles. The Kier molecular flexibility index (Phi) is 6.47. The molecule has 124 valence electrons. The lowest BCUT2D eigenvalue weighted by molar-refractivity contribution is -0.130. The highest BCUT2D eigenvalue weighted by atomic mass is 32.2. The molecule has 2 rings (SSSR count). The molecule has 0 spiro atoms. The van der Waals surface area contributed by atoms with Crippen LogP contribution >= 0.6 is 11.8 Å². The fourth-order valence-electron chi connectivity index (χ4n) is 3.16. The van der Waals surface area contributed by atoms with Crippen molar-refractivity contribution in [3.05, 3.63) is 23.4 Å². The molecule has 0 N–H and O–H groups in total. The standard InChI is InChI=1S/C18H25N3OS/c1-4-5-16-7-6-15(9-19)18(20-16)23-12-17(22)21-10-13(2)8-14(3)11-21/h6-7,13-14H,4-5,8,10-12H2,1-3H3/t13-,14-/m0/s1. The number of amides is 1. The maximum Gasteiger partial charge on any atom is 0.233 e. The van der Waals surface area contributed by atoms with Gasteiger partial charge in [0.15, 0.2) is 0 Å². The van der Waals surface area contributed by atoms with E-state index < -0.39 is 0 Å². The minimum absolute atomic E-state index is 0.153. The normalized spacial score (nSPS) is 21.0. The predicted molar refractivity (Wildman–Crippen MR) is 93.2 cm³/mol. The van der Waals surface area contributed by atoms with Gasteiger partial charge >= 0.3 is 0 Å². The number of hydrogen-bond acceptors (Lipinski definition) is 4. The molecule has 0 unspecified atom stereocenters. The fourth-order valence-corrected chi connectivity index (χ4v) is 4.05. The summed E-state index contributed by atoms with van der Waals surface area (Å²) in [5.41, 5.74) is 1.55. The van der Waals surface area contributed by atoms with E-state index >= 15 is 0 Å². The molecule has 1 aromatic heterocycles. The Bertz CT molecular complexity index is 586. The van der Waals surface area contributed by atoms with Gasteiger partial charge < -0.3 is 4.90 Å². The monoisotopic (exact) mass is 331 g/mol. The number of aromatic nitrogens is 1. The van der Waals surface area contributed by atoms with E-state index in [2.05, 4.69) is 31.8 Å². The van der Waals surface area contributed by atoms with Gasteiger partial charge in [-0.15, -0.1) is 0 Å². The number of rotatable bonds is 5. The van der Waals surface area contributed by atoms with Crippen LogP contribution in [0.4, 0.5) is 0 Å². The van der Waals surface area contributed by atoms with Crippen LogP contribution < -0.4 is 0 Å². The van der Waals surface area contributed by atoms with Gasteiger partial charge in [-0.1, -0.05) is 39.0 Å². The summed E-state index contributed by atoms with van der Waals surface area (Å²) in [6.45, 7) is 8.20. The number of nitrogens with zero attached hydrogens (tertiary/aromatic N) is 3. The zero-order chi connectivity index (χ0) is 16.8. The molecule has 0 saturated carbocycles. The Morgan fingerprint density at radius 2 is 2.09 bits per heavy atom. The lowest BCUT2D eigenvalue weighted by Gasteiger charge is -2.35. The molecule has 1 fully saturated rings. The van der Waals surface area contributed by atoms with E-state index in [9.17, 15) is 10.1 Å². The first-order valence-electron chi connectivity index (χ1n) is 8.34. The Balaban J connectivity index is 2.00. The molecule has 0 bridgehead atoms. The second-order valence-electron chi connectivity index (χ2n) is 6.55. The molecule has 1 aliphatic rings. The largest absolute Gasteiger partial charge is 0.341 e. The predicted octanol–water partition coefficient (Wildman–Crippen LogP) is 3.50. The van der Waals surface area contributed by atoms with Crippen LogP contribution in [0, 0.1) is 23.2 Å². The van der Waals surface area contributed by atoms with Gasteiger partial charge in [-0.3, -0.25) is 4.79 Å². The second kappa shape index (κ2) is 8.35. The zero-order valence-corrected chi connectivity index (χ0v) is 15.0. The van der Waals surface area contributed by atoms with Crippen LogP contribution in [0.1, 0.15) is 44.9 Å². The second-order valence-corrected chi connectivity index (χ2v) is 7.51. The summed E-state index contributed by atoms with van der Waals surface area (Å²) >= 11 is 1.39. The number of pyridine rings is 1. The average molecular weight is 331 g/mol. The molecular formula is C18H25N3OS. The molecule has 2 heterocycles. The molecule has 5 heteroatoms. The van der Waals surface area contributed by atoms with Crippen LogP contribution in [0.3, 0.4) is 0 Å². The van der Waals surface area contributed by atoms with Gasteiger partial charge in [0.2, 0.25) is 5.91 Å². The third-order valence-electron chi connectivity index (χ3n) is 4.10. The van der Waals surface area contributed by atoms with E-state index in [0.29, 0.717) is 28.2 Å². The zero-order valence-electron chi connectivity index (χ0n) is 14.2. The fraction of sp³-hybridized carbons (Fsp3) is 0.611. The lowest BCUT2D eigenvalue weighted by atomic mass is 9.92. The first-order chi connectivity index (χ1) is 11.0. The van der Waals surface area contributed by atoms with Crippen molar-refractivity contribution >= 4 is 17.7 Å². The van der Waals surface area contributed by atoms with Crippen molar-refractivity contribution < 1.29 is 4.79 Å². The summed E-state index contributed by atoms with van der Waals surface area (Å²) < 4.78 is 0. The van der Waals surface area contributed by atoms with E-state index in [4.69, 9.17) is 0 Å². The van der Waals surface area contributed by atoms with Crippen LogP contribution in [-0.2, 0) is 11.2 Å². The molecule has 4 nitrogen and oxygen atoms in total. The van der Waals surface area contributed by atoms with E-state index in [-0.39, 0.29) is 5.91 Å². The highest BCUT2D eigenvalue weighted by molar-refractivity contribution is 7.99. The minimum atomic E-state index is 0.153. The van der Waals surface area contributed by atoms with Gasteiger partial charge in [0.25, 0.3) is 0 Å². The van der Waals surface area contributed by atoms with Crippen LogP contribution in [0.2, 0.25) is 0 Å². The van der Waals surface area contributed by atoms with E-state index in [0.717, 1.165) is 31.6 Å². The summed E-state index contributed by atoms with van der Waals surface area (Å²) in [5, 5.41) is 9.91. The van der Waals surface area contributed by atoms with Gasteiger partial charge in [-0.05, 0) is 36.8 Å². The average Bonchev–Trinajstić information content (AvgIpc) is 2.52. The number of hydrogen-bond donors (Lipinski definition) is 0. The molecule has 1 saturated heterocycles. The van der Waals surface area contributed by atoms with Crippen molar-refractivity contribution in [2.75, 3.05) is 18.8 Å². The summed E-state index contributed by atoms with van der Waals surface area (Å²) in [5.74, 6) is 1.64. The van der Waals surface area contributed by atoms with E-state index in [1.807, 2.05) is 17.0 Å². The van der Waals surface area contributed by atoms with Gasteiger partial charge in [0.05, 0.1) is 11.3 Å². The van der Waals surface area contributed by atoms with Crippen molar-refractivity contribution in [2.45, 2.75) is 45.1 Å². The van der Waals surface area contributed by atoms with E-state index in [1.165, 1.54) is 18.2 Å². The van der Waals surface area contributed by atoms with Gasteiger partial charge in [-0.2, -0.15) is 5.26 Å². The highest BCUT2D eigenvalue weighted by Crippen LogP contribution is 2.24. The Hall–Kier alpha value is -1.54. The quantitative estimate of drug-likeness (QED) is 0.775. The van der Waals surface area contributed by atoms with Crippen molar-refractivity contribution in [3.8, 4) is 6.07 Å². The number of aryl methyl sites for hydroxylation is 1. The number of carbonyl (C=O) groups is 1. The Labute approximate surface area is 143 Å². The molecule has 0 radical (unpaired) electrons. The molecule has 23 heavy (non-hydrogen) atoms. The van der Waals surface area contributed by atoms with Crippen LogP contribution in [0.25, 0.3) is 0 Å². The van der Waals surface area contributed by atoms with Gasteiger partial charge in [0.1, 0.15) is 11.1 Å². The number of piperidine rings is 1. The number of likely N-dealkylation sites (tertiary alicyclic amines) is 1. The molecular weight excluding hydrogens is 306 g/mol. The minimum Gasteiger partial charge on any atom is -0.341 e. The van der Waals surface area contributed by atoms with Crippen molar-refractivity contribution in [2.24, 2.45) is 11.8 Å². The first-order valence-corrected chi connectivity index (χ1v) is 9.32. The Morgan fingerprint density at radius 3 is 2.70 bits per heavy atom. The van der Waals surface area contributed by atoms with Crippen molar-refractivity contribution in [3.63, 3.8) is 0 Å². The third-order valence-corrected chi connectivity index (χ3v) is 5.07. The SMILES string of the molecule is CCCc1ccc(C#N)c(SCC(=O)N2C[C@@H](C)C[C@H](C)C2)n1. The molecule has 1 aliphatic heterocycles. The maximum absolute atomic E-state index is 12.5. The molecule has 1 aromatic rings. The summed E-state index contributed by atoms with van der Waals surface area (Å²) in [4.78, 5) is 19.0. The molecule has 2 atom stereocenters. The highest BCUT2D eigenvalue weighted by Gasteiger charge is 2.25. The van der Waals surface area contributed by atoms with Crippen LogP contribution in [-0.4, -0.2) is 34.6 Å². The number of nitriles is 1. The molecule has 1 amide bonds. The van der Waals surface area contributed by atoms with Gasteiger partial charge in [0, 0.05) is 18.8 Å². The lowest BCUT2D eigenvalue weighted by Crippen LogP contribution is -2.43. The van der Waals surface area contributed by atoms with Gasteiger partial charge in [-0.25, -0.2) is 4.98 Å². The van der Waals surface area contributed by atoms with Crippen molar-refractivity contribution in [1.29, 1.82) is 5.26 Å². The number of thioether (sulfide) groups is 1. The summed E-state index contributed by atoms with van der Waals surface area (Å²) in [7, 11) is 0. The Morgan fingerprint density at radius 1 is 1.39 bits per heavy atom. The smallest absolute Gasteiger partial charge is 0.233 e.